The molecule has 0 fully saturated rings. The predicted molar refractivity (Wildman–Crippen MR) is 99.1 cm³/mol. The summed E-state index contributed by atoms with van der Waals surface area (Å²) >= 11 is 0. The van der Waals surface area contributed by atoms with Crippen LogP contribution in [0.15, 0.2) is 48.5 Å². The molecule has 2 N–H and O–H groups in total. The lowest BCUT2D eigenvalue weighted by molar-refractivity contribution is -0.146. The predicted octanol–water partition coefficient (Wildman–Crippen LogP) is 1.80. The first-order valence-electron chi connectivity index (χ1n) is 8.12. The van der Waals surface area contributed by atoms with E-state index < -0.39 is 36.8 Å². The van der Waals surface area contributed by atoms with Crippen molar-refractivity contribution >= 4 is 29.2 Å². The van der Waals surface area contributed by atoms with E-state index in [-0.39, 0.29) is 5.56 Å². The minimum Gasteiger partial charge on any atom is -0.454 e. The monoisotopic (exact) mass is 373 g/mol. The minimum atomic E-state index is -0.780. The van der Waals surface area contributed by atoms with Gasteiger partial charge in [-0.25, -0.2) is 4.39 Å². The van der Waals surface area contributed by atoms with Crippen molar-refractivity contribution in [3.05, 3.63) is 59.9 Å². The number of halogens is 1. The van der Waals surface area contributed by atoms with Crippen LogP contribution in [0.1, 0.15) is 10.4 Å². The first-order valence-corrected chi connectivity index (χ1v) is 8.12. The molecular weight excluding hydrogens is 353 g/mol. The third-order valence-electron chi connectivity index (χ3n) is 3.51. The molecule has 0 aliphatic rings. The van der Waals surface area contributed by atoms with Crippen molar-refractivity contribution in [2.75, 3.05) is 37.5 Å². The van der Waals surface area contributed by atoms with E-state index in [1.165, 1.54) is 18.2 Å². The van der Waals surface area contributed by atoms with Crippen molar-refractivity contribution < 1.29 is 23.5 Å². The molecule has 0 saturated heterocycles. The lowest BCUT2D eigenvalue weighted by atomic mass is 10.2. The highest BCUT2D eigenvalue weighted by atomic mass is 19.1. The van der Waals surface area contributed by atoms with Gasteiger partial charge in [-0.2, -0.15) is 0 Å². The second kappa shape index (κ2) is 9.33. The Kier molecular flexibility index (Phi) is 6.87. The number of amides is 2. The summed E-state index contributed by atoms with van der Waals surface area (Å²) in [6, 6.07) is 12.2. The molecule has 142 valence electrons. The van der Waals surface area contributed by atoms with E-state index in [4.69, 9.17) is 4.74 Å². The van der Waals surface area contributed by atoms with Crippen molar-refractivity contribution in [1.82, 2.24) is 5.32 Å². The van der Waals surface area contributed by atoms with Gasteiger partial charge in [0, 0.05) is 31.0 Å². The Hall–Kier alpha value is -3.42. The minimum absolute atomic E-state index is 0.0849. The molecule has 2 amide bonds. The quantitative estimate of drug-likeness (QED) is 0.723. The number of hydrogen-bond donors (Lipinski definition) is 2. The van der Waals surface area contributed by atoms with Gasteiger partial charge in [0.05, 0.1) is 0 Å². The molecular formula is C19H20FN3O4. The smallest absolute Gasteiger partial charge is 0.325 e. The molecule has 2 aromatic carbocycles. The van der Waals surface area contributed by atoms with E-state index >= 15 is 0 Å². The van der Waals surface area contributed by atoms with Gasteiger partial charge in [0.2, 0.25) is 0 Å². The van der Waals surface area contributed by atoms with Gasteiger partial charge in [0.25, 0.3) is 11.8 Å². The lowest BCUT2D eigenvalue weighted by Crippen LogP contribution is -2.32. The van der Waals surface area contributed by atoms with Gasteiger partial charge in [-0.15, -0.1) is 0 Å². The molecule has 0 atom stereocenters. The summed E-state index contributed by atoms with van der Waals surface area (Å²) in [5.74, 6) is -2.45. The molecule has 0 saturated carbocycles. The average molecular weight is 373 g/mol. The zero-order chi connectivity index (χ0) is 19.8. The van der Waals surface area contributed by atoms with Gasteiger partial charge in [-0.3, -0.25) is 14.4 Å². The zero-order valence-corrected chi connectivity index (χ0v) is 15.0. The van der Waals surface area contributed by atoms with Crippen molar-refractivity contribution in [3.8, 4) is 0 Å². The molecule has 0 spiro atoms. The molecule has 2 rings (SSSR count). The molecule has 8 heteroatoms. The summed E-state index contributed by atoms with van der Waals surface area (Å²) in [5, 5.41) is 4.90. The topological polar surface area (TPSA) is 87.7 Å². The van der Waals surface area contributed by atoms with Crippen LogP contribution in [0.4, 0.5) is 15.8 Å². The molecule has 0 aromatic heterocycles. The maximum absolute atomic E-state index is 13.1. The zero-order valence-electron chi connectivity index (χ0n) is 15.0. The van der Waals surface area contributed by atoms with Crippen LogP contribution >= 0.6 is 0 Å². The SMILES string of the molecule is CN(C)c1ccc(NC(=O)COC(=O)CNC(=O)c2cccc(F)c2)cc1. The summed E-state index contributed by atoms with van der Waals surface area (Å²) in [6.07, 6.45) is 0. The molecule has 7 nitrogen and oxygen atoms in total. The standard InChI is InChI=1S/C19H20FN3O4/c1-23(2)16-8-6-15(7-9-16)22-17(24)12-27-18(25)11-21-19(26)13-4-3-5-14(20)10-13/h3-10H,11-12H2,1-2H3,(H,21,26)(H,22,24). The van der Waals surface area contributed by atoms with Crippen LogP contribution in [0.25, 0.3) is 0 Å². The van der Waals surface area contributed by atoms with E-state index in [1.54, 1.807) is 12.1 Å². The normalized spacial score (nSPS) is 10.0. The van der Waals surface area contributed by atoms with Crippen LogP contribution in [0.5, 0.6) is 0 Å². The van der Waals surface area contributed by atoms with Crippen molar-refractivity contribution in [1.29, 1.82) is 0 Å². The van der Waals surface area contributed by atoms with E-state index in [0.717, 1.165) is 11.8 Å². The number of anilines is 2. The van der Waals surface area contributed by atoms with E-state index in [1.807, 2.05) is 31.1 Å². The highest BCUT2D eigenvalue weighted by Gasteiger charge is 2.11. The number of rotatable bonds is 7. The van der Waals surface area contributed by atoms with Gasteiger partial charge in [-0.05, 0) is 42.5 Å². The molecule has 0 bridgehead atoms. The lowest BCUT2D eigenvalue weighted by Gasteiger charge is -2.13. The molecule has 0 radical (unpaired) electrons. The molecule has 0 heterocycles. The van der Waals surface area contributed by atoms with Gasteiger partial charge >= 0.3 is 5.97 Å². The molecule has 2 aromatic rings. The molecule has 0 unspecified atom stereocenters. The van der Waals surface area contributed by atoms with Crippen molar-refractivity contribution in [2.24, 2.45) is 0 Å². The highest BCUT2D eigenvalue weighted by molar-refractivity contribution is 5.96. The summed E-state index contributed by atoms with van der Waals surface area (Å²) in [6.45, 7) is -0.912. The molecule has 0 aliphatic carbocycles. The Labute approximate surface area is 156 Å². The summed E-state index contributed by atoms with van der Waals surface area (Å²) in [5.41, 5.74) is 1.64. The fraction of sp³-hybridized carbons (Fsp3) is 0.211. The third-order valence-corrected chi connectivity index (χ3v) is 3.51. The Morgan fingerprint density at radius 1 is 1.07 bits per heavy atom. The van der Waals surface area contributed by atoms with Gasteiger partial charge in [0.1, 0.15) is 12.4 Å². The fourth-order valence-corrected chi connectivity index (χ4v) is 2.12. The summed E-state index contributed by atoms with van der Waals surface area (Å²) in [4.78, 5) is 37.1. The second-order valence-electron chi connectivity index (χ2n) is 5.84. The van der Waals surface area contributed by atoms with Gasteiger partial charge in [0.15, 0.2) is 6.61 Å². The van der Waals surface area contributed by atoms with E-state index in [0.29, 0.717) is 5.69 Å². The average Bonchev–Trinajstić information content (AvgIpc) is 2.64. The number of benzene rings is 2. The van der Waals surface area contributed by atoms with Crippen LogP contribution in [0.2, 0.25) is 0 Å². The number of esters is 1. The largest absolute Gasteiger partial charge is 0.454 e. The Morgan fingerprint density at radius 2 is 1.78 bits per heavy atom. The Balaban J connectivity index is 1.73. The molecule has 0 aliphatic heterocycles. The van der Waals surface area contributed by atoms with Crippen LogP contribution in [0.3, 0.4) is 0 Å². The van der Waals surface area contributed by atoms with Crippen molar-refractivity contribution in [3.63, 3.8) is 0 Å². The summed E-state index contributed by atoms with van der Waals surface area (Å²) < 4.78 is 17.9. The van der Waals surface area contributed by atoms with Gasteiger partial charge in [-0.1, -0.05) is 6.07 Å². The Bertz CT molecular complexity index is 822. The maximum Gasteiger partial charge on any atom is 0.325 e. The second-order valence-corrected chi connectivity index (χ2v) is 5.84. The van der Waals surface area contributed by atoms with Crippen LogP contribution in [0, 0.1) is 5.82 Å². The van der Waals surface area contributed by atoms with Crippen LogP contribution in [-0.4, -0.2) is 45.0 Å². The van der Waals surface area contributed by atoms with Crippen LogP contribution in [-0.2, 0) is 14.3 Å². The fourth-order valence-electron chi connectivity index (χ4n) is 2.12. The number of hydrogen-bond acceptors (Lipinski definition) is 5. The van der Waals surface area contributed by atoms with E-state index in [2.05, 4.69) is 10.6 Å². The number of nitrogens with one attached hydrogen (secondary N) is 2. The van der Waals surface area contributed by atoms with Gasteiger partial charge < -0.3 is 20.3 Å². The Morgan fingerprint density at radius 3 is 2.41 bits per heavy atom. The third kappa shape index (κ3) is 6.43. The maximum atomic E-state index is 13.1. The van der Waals surface area contributed by atoms with Crippen molar-refractivity contribution in [2.45, 2.75) is 0 Å². The first-order chi connectivity index (χ1) is 12.8. The number of nitrogens with zero attached hydrogens (tertiary/aromatic N) is 1. The number of carbonyl (C=O) groups is 3. The highest BCUT2D eigenvalue weighted by Crippen LogP contribution is 2.15. The first kappa shape index (κ1) is 19.9. The van der Waals surface area contributed by atoms with E-state index in [9.17, 15) is 18.8 Å². The number of ether oxygens (including phenoxy) is 1. The molecule has 27 heavy (non-hydrogen) atoms. The number of carbonyl (C=O) groups excluding carboxylic acids is 3. The summed E-state index contributed by atoms with van der Waals surface area (Å²) in [7, 11) is 3.81. The van der Waals surface area contributed by atoms with Crippen LogP contribution < -0.4 is 15.5 Å².